The van der Waals surface area contributed by atoms with E-state index in [9.17, 15) is 19.2 Å². The summed E-state index contributed by atoms with van der Waals surface area (Å²) in [6.07, 6.45) is 7.88. The van der Waals surface area contributed by atoms with Crippen molar-refractivity contribution in [1.29, 1.82) is 0 Å². The van der Waals surface area contributed by atoms with Crippen LogP contribution in [0.3, 0.4) is 0 Å². The van der Waals surface area contributed by atoms with Crippen LogP contribution in [-0.4, -0.2) is 71.7 Å². The van der Waals surface area contributed by atoms with E-state index in [1.165, 1.54) is 0 Å². The molecule has 2 atom stereocenters. The first-order valence-electron chi connectivity index (χ1n) is 11.2. The van der Waals surface area contributed by atoms with Crippen LogP contribution < -0.4 is 10.6 Å². The van der Waals surface area contributed by atoms with Crippen molar-refractivity contribution in [1.82, 2.24) is 20.4 Å². The molecule has 2 N–H and O–H groups in total. The minimum absolute atomic E-state index is 0.188. The molecule has 0 aliphatic carbocycles. The van der Waals surface area contributed by atoms with Gasteiger partial charge in [-0.3, -0.25) is 19.2 Å². The van der Waals surface area contributed by atoms with Gasteiger partial charge in [-0.25, -0.2) is 0 Å². The van der Waals surface area contributed by atoms with E-state index >= 15 is 0 Å². The number of unbranched alkanes of at least 4 members (excludes halogenated alkanes) is 2. The molecule has 164 valence electrons. The van der Waals surface area contributed by atoms with Crippen LogP contribution >= 0.6 is 0 Å². The summed E-state index contributed by atoms with van der Waals surface area (Å²) in [6, 6.07) is 0.375. The Labute approximate surface area is 173 Å². The van der Waals surface area contributed by atoms with E-state index in [0.29, 0.717) is 26.2 Å². The van der Waals surface area contributed by atoms with Crippen LogP contribution in [0.1, 0.15) is 71.6 Å². The lowest BCUT2D eigenvalue weighted by atomic mass is 10.2. The van der Waals surface area contributed by atoms with E-state index in [2.05, 4.69) is 10.6 Å². The second kappa shape index (κ2) is 11.8. The second-order valence-corrected chi connectivity index (χ2v) is 7.98. The fourth-order valence-electron chi connectivity index (χ4n) is 4.30. The molecule has 4 amide bonds. The monoisotopic (exact) mass is 408 g/mol. The van der Waals surface area contributed by atoms with Crippen molar-refractivity contribution in [2.24, 2.45) is 0 Å². The summed E-state index contributed by atoms with van der Waals surface area (Å²) in [5.74, 6) is -1.90. The third kappa shape index (κ3) is 6.44. The molecule has 0 aromatic rings. The zero-order valence-corrected chi connectivity index (χ0v) is 17.9. The Morgan fingerprint density at radius 3 is 1.52 bits per heavy atom. The second-order valence-electron chi connectivity index (χ2n) is 7.98. The summed E-state index contributed by atoms with van der Waals surface area (Å²) in [7, 11) is 0. The van der Waals surface area contributed by atoms with Crippen molar-refractivity contribution in [2.75, 3.05) is 26.2 Å². The van der Waals surface area contributed by atoms with Crippen LogP contribution in [-0.2, 0) is 19.2 Å². The molecule has 2 aliphatic rings. The van der Waals surface area contributed by atoms with Crippen molar-refractivity contribution >= 4 is 23.6 Å². The number of amides is 4. The summed E-state index contributed by atoms with van der Waals surface area (Å²) in [5, 5.41) is 5.38. The fraction of sp³-hybridized carbons (Fsp3) is 0.810. The third-order valence-corrected chi connectivity index (χ3v) is 6.03. The predicted octanol–water partition coefficient (Wildman–Crippen LogP) is 1.19. The van der Waals surface area contributed by atoms with Crippen LogP contribution in [0.4, 0.5) is 0 Å². The van der Waals surface area contributed by atoms with Gasteiger partial charge in [0.1, 0.15) is 0 Å². The molecule has 0 aromatic carbocycles. The quantitative estimate of drug-likeness (QED) is 0.466. The highest BCUT2D eigenvalue weighted by atomic mass is 16.2. The van der Waals surface area contributed by atoms with Crippen LogP contribution in [0.5, 0.6) is 0 Å². The largest absolute Gasteiger partial charge is 0.348 e. The lowest BCUT2D eigenvalue weighted by molar-refractivity contribution is -0.146. The number of carbonyl (C=O) groups excluding carboxylic acids is 4. The minimum atomic E-state index is -0.527. The zero-order valence-electron chi connectivity index (χ0n) is 17.9. The highest BCUT2D eigenvalue weighted by Crippen LogP contribution is 2.20. The maximum atomic E-state index is 12.2. The average Bonchev–Trinajstić information content (AvgIpc) is 3.40. The number of nitrogens with one attached hydrogen (secondary N) is 2. The van der Waals surface area contributed by atoms with Crippen molar-refractivity contribution in [3.8, 4) is 0 Å². The van der Waals surface area contributed by atoms with Crippen molar-refractivity contribution in [3.05, 3.63) is 0 Å². The number of nitrogens with zero attached hydrogens (tertiary/aromatic N) is 2. The molecule has 0 spiro atoms. The molecule has 2 fully saturated rings. The Kier molecular flexibility index (Phi) is 9.41. The molecule has 2 saturated heterocycles. The number of carbonyl (C=O) groups is 4. The van der Waals surface area contributed by atoms with Crippen LogP contribution in [0.2, 0.25) is 0 Å². The van der Waals surface area contributed by atoms with E-state index in [0.717, 1.165) is 57.8 Å². The first-order chi connectivity index (χ1) is 14.0. The van der Waals surface area contributed by atoms with Gasteiger partial charge in [-0.1, -0.05) is 13.8 Å². The molecule has 8 heteroatoms. The van der Waals surface area contributed by atoms with Crippen LogP contribution in [0.25, 0.3) is 0 Å². The van der Waals surface area contributed by atoms with E-state index in [-0.39, 0.29) is 12.1 Å². The van der Waals surface area contributed by atoms with Gasteiger partial charge >= 0.3 is 23.6 Å². The van der Waals surface area contributed by atoms with Gasteiger partial charge in [0.2, 0.25) is 0 Å². The topological polar surface area (TPSA) is 98.8 Å². The summed E-state index contributed by atoms with van der Waals surface area (Å²) >= 11 is 0. The molecule has 0 saturated carbocycles. The van der Waals surface area contributed by atoms with Gasteiger partial charge in [-0.15, -0.1) is 0 Å². The van der Waals surface area contributed by atoms with Gasteiger partial charge in [0, 0.05) is 38.3 Å². The lowest BCUT2D eigenvalue weighted by Gasteiger charge is -2.23. The van der Waals surface area contributed by atoms with Crippen molar-refractivity contribution in [3.63, 3.8) is 0 Å². The molecule has 29 heavy (non-hydrogen) atoms. The van der Waals surface area contributed by atoms with E-state index in [4.69, 9.17) is 0 Å². The van der Waals surface area contributed by atoms with Gasteiger partial charge < -0.3 is 20.4 Å². The molecule has 2 unspecified atom stereocenters. The van der Waals surface area contributed by atoms with Crippen LogP contribution in [0.15, 0.2) is 0 Å². The maximum Gasteiger partial charge on any atom is 0.312 e. The normalized spacial score (nSPS) is 21.3. The highest BCUT2D eigenvalue weighted by molar-refractivity contribution is 6.35. The molecule has 0 aromatic heterocycles. The van der Waals surface area contributed by atoms with Gasteiger partial charge in [0.25, 0.3) is 0 Å². The third-order valence-electron chi connectivity index (χ3n) is 6.03. The van der Waals surface area contributed by atoms with Gasteiger partial charge in [0.05, 0.1) is 0 Å². The summed E-state index contributed by atoms with van der Waals surface area (Å²) in [4.78, 5) is 51.8. The minimum Gasteiger partial charge on any atom is -0.348 e. The zero-order chi connectivity index (χ0) is 21.2. The van der Waals surface area contributed by atoms with Gasteiger partial charge in [-0.05, 0) is 57.8 Å². The van der Waals surface area contributed by atoms with Crippen molar-refractivity contribution < 1.29 is 19.2 Å². The molecular formula is C21H36N4O4. The number of rotatable bonds is 8. The molecular weight excluding hydrogens is 372 g/mol. The lowest BCUT2D eigenvalue weighted by Crippen LogP contribution is -2.45. The Morgan fingerprint density at radius 2 is 1.14 bits per heavy atom. The Balaban J connectivity index is 1.54. The Hall–Kier alpha value is -2.12. The van der Waals surface area contributed by atoms with Gasteiger partial charge in [0.15, 0.2) is 0 Å². The molecule has 0 radical (unpaired) electrons. The maximum absolute atomic E-state index is 12.2. The van der Waals surface area contributed by atoms with Crippen LogP contribution in [0, 0.1) is 0 Å². The van der Waals surface area contributed by atoms with E-state index < -0.39 is 23.6 Å². The smallest absolute Gasteiger partial charge is 0.312 e. The predicted molar refractivity (Wildman–Crippen MR) is 110 cm³/mol. The summed E-state index contributed by atoms with van der Waals surface area (Å²) < 4.78 is 0. The highest BCUT2D eigenvalue weighted by Gasteiger charge is 2.32. The summed E-state index contributed by atoms with van der Waals surface area (Å²) in [6.45, 7) is 6.28. The first kappa shape index (κ1) is 23.2. The standard InChI is InChI=1S/C21H36N4O4/c1-3-16-10-8-14-24(16)20(28)18(26)22-12-6-5-7-13-23-19(27)21(29)25-15-9-11-17(25)4-2/h16-17H,3-15H2,1-2H3,(H,22,26)(H,23,27). The molecule has 2 aliphatic heterocycles. The van der Waals surface area contributed by atoms with Gasteiger partial charge in [-0.2, -0.15) is 0 Å². The Morgan fingerprint density at radius 1 is 0.724 bits per heavy atom. The molecule has 2 heterocycles. The number of hydrogen-bond acceptors (Lipinski definition) is 4. The average molecular weight is 409 g/mol. The molecule has 8 nitrogen and oxygen atoms in total. The number of hydrogen-bond donors (Lipinski definition) is 2. The van der Waals surface area contributed by atoms with E-state index in [1.54, 1.807) is 9.80 Å². The van der Waals surface area contributed by atoms with Crippen molar-refractivity contribution in [2.45, 2.75) is 83.7 Å². The summed E-state index contributed by atoms with van der Waals surface area (Å²) in [5.41, 5.74) is 0. The first-order valence-corrected chi connectivity index (χ1v) is 11.2. The van der Waals surface area contributed by atoms with E-state index in [1.807, 2.05) is 13.8 Å². The fourth-order valence-corrected chi connectivity index (χ4v) is 4.30. The molecule has 2 rings (SSSR count). The Bertz CT molecular complexity index is 545. The number of likely N-dealkylation sites (tertiary alicyclic amines) is 2. The SMILES string of the molecule is CCC1CCCN1C(=O)C(=O)NCCCCCNC(=O)C(=O)N1CCCC1CC. The molecule has 0 bridgehead atoms.